The first-order valence-electron chi connectivity index (χ1n) is 5.85. The molecule has 0 aromatic carbocycles. The lowest BCUT2D eigenvalue weighted by molar-refractivity contribution is 0.0844. The number of ketones is 1. The van der Waals surface area contributed by atoms with E-state index in [2.05, 4.69) is 9.97 Å². The summed E-state index contributed by atoms with van der Waals surface area (Å²) in [6, 6.07) is 0. The van der Waals surface area contributed by atoms with Gasteiger partial charge in [-0.1, -0.05) is 20.8 Å². The summed E-state index contributed by atoms with van der Waals surface area (Å²) in [5.41, 5.74) is -1.27. The molecule has 0 aliphatic rings. The molecule has 19 heavy (non-hydrogen) atoms. The minimum absolute atomic E-state index is 0.175. The van der Waals surface area contributed by atoms with Crippen LogP contribution in [0.5, 0.6) is 0 Å². The number of rotatable bonds is 1. The number of nitrogens with one attached hydrogen (secondary N) is 1. The Kier molecular flexibility index (Phi) is 2.73. The molecule has 0 bridgehead atoms. The van der Waals surface area contributed by atoms with Crippen molar-refractivity contribution in [1.29, 1.82) is 0 Å². The first-order chi connectivity index (χ1) is 8.64. The van der Waals surface area contributed by atoms with Crippen molar-refractivity contribution in [2.75, 3.05) is 0 Å². The molecule has 0 saturated carbocycles. The average molecular weight is 264 g/mol. The normalized spacial score (nSPS) is 12.1. The van der Waals surface area contributed by atoms with E-state index in [-0.39, 0.29) is 22.8 Å². The molecular formula is C12H16N4O3. The molecule has 0 aliphatic heterocycles. The van der Waals surface area contributed by atoms with Crippen molar-refractivity contribution in [3.8, 4) is 0 Å². The molecule has 0 radical (unpaired) electrons. The summed E-state index contributed by atoms with van der Waals surface area (Å²) in [7, 11) is 3.09. The second kappa shape index (κ2) is 3.91. The van der Waals surface area contributed by atoms with Gasteiger partial charge < -0.3 is 4.57 Å². The highest BCUT2D eigenvalue weighted by Gasteiger charge is 2.28. The molecule has 0 saturated heterocycles. The van der Waals surface area contributed by atoms with Gasteiger partial charge in [0.1, 0.15) is 0 Å². The van der Waals surface area contributed by atoms with Crippen LogP contribution in [-0.4, -0.2) is 24.9 Å². The largest absolute Gasteiger partial charge is 0.329 e. The molecule has 0 amide bonds. The molecule has 0 aliphatic carbocycles. The Balaban J connectivity index is 2.89. The predicted octanol–water partition coefficient (Wildman–Crippen LogP) is 0.189. The zero-order valence-electron chi connectivity index (χ0n) is 11.6. The maximum absolute atomic E-state index is 12.3. The van der Waals surface area contributed by atoms with Gasteiger partial charge in [0.15, 0.2) is 17.0 Å². The van der Waals surface area contributed by atoms with Gasteiger partial charge in [-0.3, -0.25) is 19.1 Å². The number of carbonyl (C=O) groups is 1. The minimum atomic E-state index is -0.610. The van der Waals surface area contributed by atoms with Crippen molar-refractivity contribution in [3.05, 3.63) is 26.7 Å². The number of aryl methyl sites for hydroxylation is 2. The summed E-state index contributed by atoms with van der Waals surface area (Å²) < 4.78 is 2.65. The first kappa shape index (κ1) is 13.3. The highest BCUT2D eigenvalue weighted by molar-refractivity contribution is 5.99. The Labute approximate surface area is 108 Å². The van der Waals surface area contributed by atoms with Crippen LogP contribution in [0.2, 0.25) is 0 Å². The number of Topliss-reactive ketones (excluding diaryl/α,β-unsaturated/α-hetero) is 1. The van der Waals surface area contributed by atoms with Gasteiger partial charge in [-0.05, 0) is 0 Å². The second-order valence-corrected chi connectivity index (χ2v) is 5.56. The van der Waals surface area contributed by atoms with Gasteiger partial charge in [-0.25, -0.2) is 9.78 Å². The topological polar surface area (TPSA) is 89.8 Å². The SMILES string of the molecule is Cn1c(C(=O)C(C)(C)C)nc2c1c(=O)[nH]c(=O)n2C. The number of nitrogens with zero attached hydrogens (tertiary/aromatic N) is 3. The molecule has 2 heterocycles. The average Bonchev–Trinajstić information content (AvgIpc) is 2.62. The van der Waals surface area contributed by atoms with Crippen molar-refractivity contribution in [3.63, 3.8) is 0 Å². The van der Waals surface area contributed by atoms with E-state index >= 15 is 0 Å². The first-order valence-corrected chi connectivity index (χ1v) is 5.85. The van der Waals surface area contributed by atoms with Crippen molar-refractivity contribution < 1.29 is 4.79 Å². The Bertz CT molecular complexity index is 786. The molecule has 1 N–H and O–H groups in total. The molecule has 7 nitrogen and oxygen atoms in total. The van der Waals surface area contributed by atoms with Crippen molar-refractivity contribution >= 4 is 16.9 Å². The van der Waals surface area contributed by atoms with Gasteiger partial charge in [-0.2, -0.15) is 0 Å². The number of imidazole rings is 1. The number of H-pyrrole nitrogens is 1. The number of fused-ring (bicyclic) bond motifs is 1. The van der Waals surface area contributed by atoms with E-state index in [1.54, 1.807) is 27.8 Å². The third-order valence-electron chi connectivity index (χ3n) is 3.02. The number of hydrogen-bond donors (Lipinski definition) is 1. The lowest BCUT2D eigenvalue weighted by Crippen LogP contribution is -2.29. The molecule has 0 unspecified atom stereocenters. The van der Waals surface area contributed by atoms with Crippen LogP contribution in [-0.2, 0) is 14.1 Å². The summed E-state index contributed by atoms with van der Waals surface area (Å²) in [6.07, 6.45) is 0. The summed E-state index contributed by atoms with van der Waals surface area (Å²) in [5, 5.41) is 0. The van der Waals surface area contributed by atoms with E-state index < -0.39 is 16.7 Å². The molecular weight excluding hydrogens is 248 g/mol. The standard InChI is InChI=1S/C12H16N4O3/c1-12(2,3)7(17)9-13-8-6(15(9)4)10(18)14-11(19)16(8)5/h1-5H3,(H,14,18,19). The second-order valence-electron chi connectivity index (χ2n) is 5.56. The van der Waals surface area contributed by atoms with Crippen LogP contribution in [0.15, 0.2) is 9.59 Å². The van der Waals surface area contributed by atoms with Crippen LogP contribution in [0, 0.1) is 5.41 Å². The van der Waals surface area contributed by atoms with E-state index in [0.717, 1.165) is 0 Å². The molecule has 2 aromatic rings. The van der Waals surface area contributed by atoms with E-state index in [1.165, 1.54) is 16.2 Å². The third kappa shape index (κ3) is 1.91. The van der Waals surface area contributed by atoms with Crippen LogP contribution < -0.4 is 11.2 Å². The lowest BCUT2D eigenvalue weighted by Gasteiger charge is -2.15. The highest BCUT2D eigenvalue weighted by Crippen LogP contribution is 2.21. The van der Waals surface area contributed by atoms with Crippen LogP contribution >= 0.6 is 0 Å². The van der Waals surface area contributed by atoms with Crippen molar-refractivity contribution in [2.45, 2.75) is 20.8 Å². The quantitative estimate of drug-likeness (QED) is 0.744. The summed E-state index contributed by atoms with van der Waals surface area (Å²) >= 11 is 0. The number of hydrogen-bond acceptors (Lipinski definition) is 4. The van der Waals surface area contributed by atoms with Gasteiger partial charge in [0.25, 0.3) is 5.56 Å². The monoisotopic (exact) mass is 264 g/mol. The van der Waals surface area contributed by atoms with E-state index in [1.807, 2.05) is 0 Å². The molecule has 0 fully saturated rings. The van der Waals surface area contributed by atoms with Gasteiger partial charge in [0.05, 0.1) is 0 Å². The van der Waals surface area contributed by atoms with E-state index in [0.29, 0.717) is 0 Å². The van der Waals surface area contributed by atoms with Crippen molar-refractivity contribution in [1.82, 2.24) is 19.1 Å². The number of aromatic nitrogens is 4. The zero-order chi connectivity index (χ0) is 14.5. The molecule has 2 rings (SSSR count). The Morgan fingerprint density at radius 1 is 1.16 bits per heavy atom. The van der Waals surface area contributed by atoms with Gasteiger partial charge >= 0.3 is 5.69 Å². The molecule has 0 atom stereocenters. The highest BCUT2D eigenvalue weighted by atomic mass is 16.2. The fourth-order valence-corrected chi connectivity index (χ4v) is 1.85. The maximum atomic E-state index is 12.3. The van der Waals surface area contributed by atoms with Gasteiger partial charge in [0.2, 0.25) is 5.78 Å². The summed E-state index contributed by atoms with van der Waals surface area (Å²) in [4.78, 5) is 42.0. The third-order valence-corrected chi connectivity index (χ3v) is 3.02. The van der Waals surface area contributed by atoms with Gasteiger partial charge in [-0.15, -0.1) is 0 Å². The van der Waals surface area contributed by atoms with E-state index in [9.17, 15) is 14.4 Å². The fourth-order valence-electron chi connectivity index (χ4n) is 1.85. The smallest absolute Gasteiger partial charge is 0.319 e. The zero-order valence-corrected chi connectivity index (χ0v) is 11.6. The number of aromatic amines is 1. The summed E-state index contributed by atoms with van der Waals surface area (Å²) in [6.45, 7) is 5.33. The molecule has 7 heteroatoms. The maximum Gasteiger partial charge on any atom is 0.329 e. The van der Waals surface area contributed by atoms with Crippen LogP contribution in [0.4, 0.5) is 0 Å². The Hall–Kier alpha value is -2.18. The van der Waals surface area contributed by atoms with Crippen LogP contribution in [0.3, 0.4) is 0 Å². The fraction of sp³-hybridized carbons (Fsp3) is 0.500. The summed E-state index contributed by atoms with van der Waals surface area (Å²) in [5.74, 6) is -0.00718. The van der Waals surface area contributed by atoms with E-state index in [4.69, 9.17) is 0 Å². The molecule has 2 aromatic heterocycles. The number of carbonyl (C=O) groups excluding carboxylic acids is 1. The van der Waals surface area contributed by atoms with Gasteiger partial charge in [0, 0.05) is 19.5 Å². The lowest BCUT2D eigenvalue weighted by atomic mass is 9.90. The Morgan fingerprint density at radius 3 is 2.26 bits per heavy atom. The molecule has 102 valence electrons. The van der Waals surface area contributed by atoms with Crippen LogP contribution in [0.1, 0.15) is 31.4 Å². The Morgan fingerprint density at radius 2 is 1.74 bits per heavy atom. The molecule has 0 spiro atoms. The minimum Gasteiger partial charge on any atom is -0.319 e. The van der Waals surface area contributed by atoms with Crippen LogP contribution in [0.25, 0.3) is 11.2 Å². The van der Waals surface area contributed by atoms with Crippen molar-refractivity contribution in [2.24, 2.45) is 19.5 Å². The predicted molar refractivity (Wildman–Crippen MR) is 70.4 cm³/mol.